The summed E-state index contributed by atoms with van der Waals surface area (Å²) < 4.78 is 5.67. The monoisotopic (exact) mass is 570 g/mol. The van der Waals surface area contributed by atoms with Crippen LogP contribution in [-0.2, 0) is 14.3 Å². The molecule has 0 spiro atoms. The van der Waals surface area contributed by atoms with Gasteiger partial charge in [-0.05, 0) is 64.2 Å². The van der Waals surface area contributed by atoms with E-state index in [0.29, 0.717) is 12.8 Å². The van der Waals surface area contributed by atoms with E-state index in [4.69, 9.17) is 9.84 Å². The minimum Gasteiger partial charge on any atom is -0.481 e. The zero-order chi connectivity index (χ0) is 30.1. The molecule has 0 fully saturated rings. The van der Waals surface area contributed by atoms with Crippen LogP contribution in [0.3, 0.4) is 0 Å². The molecule has 0 saturated heterocycles. The molecule has 0 amide bonds. The first-order valence-electron chi connectivity index (χ1n) is 16.8. The summed E-state index contributed by atoms with van der Waals surface area (Å²) in [4.78, 5) is 23.4. The van der Waals surface area contributed by atoms with Crippen molar-refractivity contribution in [2.75, 3.05) is 0 Å². The number of carbonyl (C=O) groups is 2. The van der Waals surface area contributed by atoms with Crippen molar-refractivity contribution in [1.82, 2.24) is 0 Å². The zero-order valence-corrected chi connectivity index (χ0v) is 26.6. The van der Waals surface area contributed by atoms with Crippen LogP contribution in [0.2, 0.25) is 0 Å². The van der Waals surface area contributed by atoms with Crippen molar-refractivity contribution in [2.45, 2.75) is 161 Å². The number of carbonyl (C=O) groups excluding carboxylic acids is 1. The molecule has 0 saturated carbocycles. The van der Waals surface area contributed by atoms with Crippen molar-refractivity contribution in [3.05, 3.63) is 60.8 Å². The maximum absolute atomic E-state index is 12.3. The van der Waals surface area contributed by atoms with E-state index in [-0.39, 0.29) is 18.5 Å². The molecule has 0 heterocycles. The van der Waals surface area contributed by atoms with Crippen LogP contribution in [0, 0.1) is 0 Å². The Bertz CT molecular complexity index is 744. The molecular weight excluding hydrogens is 508 g/mol. The topological polar surface area (TPSA) is 63.6 Å². The highest BCUT2D eigenvalue weighted by Gasteiger charge is 2.15. The first-order chi connectivity index (χ1) is 20.1. The molecule has 0 aromatic rings. The van der Waals surface area contributed by atoms with Crippen LogP contribution in [0.25, 0.3) is 0 Å². The summed E-state index contributed by atoms with van der Waals surface area (Å²) in [5.41, 5.74) is 0. The predicted octanol–water partition coefficient (Wildman–Crippen LogP) is 11.4. The van der Waals surface area contributed by atoms with E-state index >= 15 is 0 Å². The Hall–Kier alpha value is -2.36. The minimum absolute atomic E-state index is 0.0516. The Labute approximate surface area is 253 Å². The van der Waals surface area contributed by atoms with Crippen LogP contribution in [0.4, 0.5) is 0 Å². The Morgan fingerprint density at radius 1 is 0.561 bits per heavy atom. The molecule has 0 bridgehead atoms. The van der Waals surface area contributed by atoms with E-state index in [9.17, 15) is 9.59 Å². The summed E-state index contributed by atoms with van der Waals surface area (Å²) in [6, 6.07) is 0. The van der Waals surface area contributed by atoms with Gasteiger partial charge in [0.15, 0.2) is 0 Å². The van der Waals surface area contributed by atoms with Gasteiger partial charge in [-0.25, -0.2) is 0 Å². The van der Waals surface area contributed by atoms with Crippen molar-refractivity contribution in [3.8, 4) is 0 Å². The molecule has 0 aromatic heterocycles. The number of unbranched alkanes of at least 4 members (excludes halogenated alkanes) is 11. The number of hydrogen-bond donors (Lipinski definition) is 1. The molecule has 41 heavy (non-hydrogen) atoms. The van der Waals surface area contributed by atoms with Gasteiger partial charge in [0.1, 0.15) is 6.10 Å². The molecule has 0 aliphatic rings. The zero-order valence-electron chi connectivity index (χ0n) is 26.6. The average molecular weight is 571 g/mol. The third kappa shape index (κ3) is 32.0. The van der Waals surface area contributed by atoms with Gasteiger partial charge < -0.3 is 9.84 Å². The SMILES string of the molecule is CC/C=C\C/C=C\C/C=C\C/C=C\C/C=C\CCCC(=O)OC(CCCCCCCCCCCCC)CCC(=O)O. The molecule has 1 N–H and O–H groups in total. The quantitative estimate of drug-likeness (QED) is 0.0552. The average Bonchev–Trinajstić information content (AvgIpc) is 2.96. The molecule has 4 nitrogen and oxygen atoms in total. The molecule has 1 unspecified atom stereocenters. The fourth-order valence-corrected chi connectivity index (χ4v) is 4.56. The number of carboxylic acids is 1. The Morgan fingerprint density at radius 3 is 1.51 bits per heavy atom. The Morgan fingerprint density at radius 2 is 1.02 bits per heavy atom. The van der Waals surface area contributed by atoms with Gasteiger partial charge in [0, 0.05) is 12.8 Å². The minimum atomic E-state index is -0.830. The van der Waals surface area contributed by atoms with Crippen LogP contribution < -0.4 is 0 Å². The Balaban J connectivity index is 3.93. The summed E-state index contributed by atoms with van der Waals surface area (Å²) in [5, 5.41) is 9.06. The maximum atomic E-state index is 12.3. The van der Waals surface area contributed by atoms with E-state index in [1.807, 2.05) is 0 Å². The van der Waals surface area contributed by atoms with Gasteiger partial charge in [0.25, 0.3) is 0 Å². The van der Waals surface area contributed by atoms with Crippen LogP contribution in [0.5, 0.6) is 0 Å². The molecule has 0 aromatic carbocycles. The largest absolute Gasteiger partial charge is 0.481 e. The fourth-order valence-electron chi connectivity index (χ4n) is 4.56. The van der Waals surface area contributed by atoms with E-state index in [0.717, 1.165) is 64.2 Å². The van der Waals surface area contributed by atoms with Gasteiger partial charge in [0.2, 0.25) is 0 Å². The lowest BCUT2D eigenvalue weighted by atomic mass is 10.0. The standard InChI is InChI=1S/C37H62O4/c1-3-5-7-9-11-13-15-16-17-18-19-20-22-24-26-28-30-32-37(40)41-35(33-34-36(38)39)31-29-27-25-23-21-14-12-10-8-6-4-2/h5,7,11,13,16-17,19-20,24,26,35H,3-4,6,8-10,12,14-15,18,21-23,25,27-34H2,1-2H3,(H,38,39)/b7-5-,13-11-,17-16-,20-19-,26-24-. The van der Waals surface area contributed by atoms with E-state index in [1.165, 1.54) is 57.8 Å². The number of aliphatic carboxylic acids is 1. The summed E-state index contributed by atoms with van der Waals surface area (Å²) in [5.74, 6) is -1.03. The smallest absolute Gasteiger partial charge is 0.306 e. The highest BCUT2D eigenvalue weighted by atomic mass is 16.5. The number of esters is 1. The van der Waals surface area contributed by atoms with Crippen LogP contribution in [-0.4, -0.2) is 23.1 Å². The highest BCUT2D eigenvalue weighted by molar-refractivity contribution is 5.70. The summed E-state index contributed by atoms with van der Waals surface area (Å²) >= 11 is 0. The van der Waals surface area contributed by atoms with Crippen LogP contribution >= 0.6 is 0 Å². The van der Waals surface area contributed by atoms with E-state index < -0.39 is 5.97 Å². The molecule has 0 aliphatic carbocycles. The normalized spacial score (nSPS) is 13.0. The number of carboxylic acid groups (broad SMARTS) is 1. The van der Waals surface area contributed by atoms with Crippen molar-refractivity contribution in [1.29, 1.82) is 0 Å². The second-order valence-corrected chi connectivity index (χ2v) is 11.0. The van der Waals surface area contributed by atoms with Crippen molar-refractivity contribution in [2.24, 2.45) is 0 Å². The molecule has 0 radical (unpaired) electrons. The van der Waals surface area contributed by atoms with Crippen molar-refractivity contribution < 1.29 is 19.4 Å². The molecule has 234 valence electrons. The summed E-state index contributed by atoms with van der Waals surface area (Å²) in [7, 11) is 0. The highest BCUT2D eigenvalue weighted by Crippen LogP contribution is 2.16. The van der Waals surface area contributed by atoms with Gasteiger partial charge in [-0.2, -0.15) is 0 Å². The lowest BCUT2D eigenvalue weighted by Crippen LogP contribution is -2.19. The van der Waals surface area contributed by atoms with Crippen LogP contribution in [0.15, 0.2) is 60.8 Å². The van der Waals surface area contributed by atoms with E-state index in [1.54, 1.807) is 0 Å². The second-order valence-electron chi connectivity index (χ2n) is 11.0. The van der Waals surface area contributed by atoms with Crippen LogP contribution in [0.1, 0.15) is 155 Å². The van der Waals surface area contributed by atoms with Gasteiger partial charge in [-0.3, -0.25) is 9.59 Å². The molecular formula is C37H62O4. The van der Waals surface area contributed by atoms with Crippen molar-refractivity contribution in [3.63, 3.8) is 0 Å². The maximum Gasteiger partial charge on any atom is 0.306 e. The van der Waals surface area contributed by atoms with Gasteiger partial charge in [-0.15, -0.1) is 0 Å². The molecule has 0 aliphatic heterocycles. The number of ether oxygens (including phenoxy) is 1. The first-order valence-corrected chi connectivity index (χ1v) is 16.8. The summed E-state index contributed by atoms with van der Waals surface area (Å²) in [6.45, 7) is 4.40. The number of hydrogen-bond acceptors (Lipinski definition) is 3. The number of allylic oxidation sites excluding steroid dienone is 10. The summed E-state index contributed by atoms with van der Waals surface area (Å²) in [6.07, 6.45) is 43.7. The molecule has 0 rings (SSSR count). The van der Waals surface area contributed by atoms with Gasteiger partial charge in [0.05, 0.1) is 0 Å². The lowest BCUT2D eigenvalue weighted by Gasteiger charge is -2.17. The molecule has 1 atom stereocenters. The fraction of sp³-hybridized carbons (Fsp3) is 0.676. The Kier molecular flexibility index (Phi) is 30.3. The first kappa shape index (κ1) is 38.6. The lowest BCUT2D eigenvalue weighted by molar-refractivity contribution is -0.151. The van der Waals surface area contributed by atoms with Gasteiger partial charge >= 0.3 is 11.9 Å². The third-order valence-corrected chi connectivity index (χ3v) is 7.02. The number of rotatable bonds is 29. The predicted molar refractivity (Wildman–Crippen MR) is 176 cm³/mol. The van der Waals surface area contributed by atoms with E-state index in [2.05, 4.69) is 74.6 Å². The molecule has 4 heteroatoms. The third-order valence-electron chi connectivity index (χ3n) is 7.02. The van der Waals surface area contributed by atoms with Crippen molar-refractivity contribution >= 4 is 11.9 Å². The van der Waals surface area contributed by atoms with Gasteiger partial charge in [-0.1, -0.05) is 139 Å². The second kappa shape index (κ2) is 32.2.